The fourth-order valence-corrected chi connectivity index (χ4v) is 3.22. The molecule has 0 bridgehead atoms. The highest BCUT2D eigenvalue weighted by atomic mass is 16.4. The molecule has 8 nitrogen and oxygen atoms in total. The first-order valence-corrected chi connectivity index (χ1v) is 7.47. The van der Waals surface area contributed by atoms with Crippen molar-refractivity contribution in [3.8, 4) is 0 Å². The minimum absolute atomic E-state index is 0.137. The maximum atomic E-state index is 12.4. The zero-order valence-corrected chi connectivity index (χ0v) is 12.4. The Balaban J connectivity index is 1.63. The molecule has 3 aliphatic rings. The molecule has 0 aromatic rings. The van der Waals surface area contributed by atoms with Crippen LogP contribution >= 0.6 is 0 Å². The molecule has 0 aromatic heterocycles. The summed E-state index contributed by atoms with van der Waals surface area (Å²) in [5, 5.41) is 11.6. The van der Waals surface area contributed by atoms with Gasteiger partial charge in [0.05, 0.1) is 5.92 Å². The van der Waals surface area contributed by atoms with E-state index < -0.39 is 23.5 Å². The maximum Gasteiger partial charge on any atom is 0.325 e. The first-order chi connectivity index (χ1) is 10.3. The first kappa shape index (κ1) is 14.8. The summed E-state index contributed by atoms with van der Waals surface area (Å²) < 4.78 is 0. The van der Waals surface area contributed by atoms with E-state index in [1.54, 1.807) is 6.92 Å². The zero-order valence-electron chi connectivity index (χ0n) is 12.4. The number of carboxylic acids is 1. The summed E-state index contributed by atoms with van der Waals surface area (Å²) in [4.78, 5) is 49.9. The van der Waals surface area contributed by atoms with Gasteiger partial charge in [0.2, 0.25) is 5.91 Å². The Morgan fingerprint density at radius 2 is 2.00 bits per heavy atom. The topological polar surface area (TPSA) is 107 Å². The zero-order chi connectivity index (χ0) is 16.1. The largest absolute Gasteiger partial charge is 0.481 e. The van der Waals surface area contributed by atoms with Crippen molar-refractivity contribution in [3.05, 3.63) is 0 Å². The summed E-state index contributed by atoms with van der Waals surface area (Å²) in [6.45, 7) is 1.86. The summed E-state index contributed by atoms with van der Waals surface area (Å²) in [5.41, 5.74) is -0.897. The quantitative estimate of drug-likeness (QED) is 0.690. The number of nitrogens with one attached hydrogen (secondary N) is 1. The third kappa shape index (κ3) is 2.32. The molecule has 2 heterocycles. The number of carbonyl (C=O) groups excluding carboxylic acids is 3. The Hall–Kier alpha value is -2.12. The number of hydrogen-bond acceptors (Lipinski definition) is 4. The number of urea groups is 1. The van der Waals surface area contributed by atoms with Crippen molar-refractivity contribution >= 4 is 23.8 Å². The molecule has 2 atom stereocenters. The van der Waals surface area contributed by atoms with Crippen LogP contribution < -0.4 is 5.32 Å². The lowest BCUT2D eigenvalue weighted by molar-refractivity contribution is -0.142. The molecule has 4 amide bonds. The number of imide groups is 1. The van der Waals surface area contributed by atoms with Gasteiger partial charge in [-0.25, -0.2) is 4.79 Å². The molecule has 0 unspecified atom stereocenters. The van der Waals surface area contributed by atoms with Gasteiger partial charge in [0.15, 0.2) is 0 Å². The van der Waals surface area contributed by atoms with Gasteiger partial charge in [-0.05, 0) is 32.1 Å². The van der Waals surface area contributed by atoms with Crippen LogP contribution in [-0.2, 0) is 14.4 Å². The second-order valence-corrected chi connectivity index (χ2v) is 6.46. The average Bonchev–Trinajstić information content (AvgIpc) is 3.15. The lowest BCUT2D eigenvalue weighted by Gasteiger charge is -2.22. The van der Waals surface area contributed by atoms with Crippen molar-refractivity contribution in [3.63, 3.8) is 0 Å². The van der Waals surface area contributed by atoms with Crippen molar-refractivity contribution < 1.29 is 24.3 Å². The molecule has 2 saturated heterocycles. The van der Waals surface area contributed by atoms with Crippen molar-refractivity contribution in [2.24, 2.45) is 11.8 Å². The lowest BCUT2D eigenvalue weighted by atomic mass is 9.96. The van der Waals surface area contributed by atoms with Gasteiger partial charge >= 0.3 is 12.0 Å². The van der Waals surface area contributed by atoms with Crippen LogP contribution in [0, 0.1) is 11.8 Å². The summed E-state index contributed by atoms with van der Waals surface area (Å²) >= 11 is 0. The van der Waals surface area contributed by atoms with E-state index in [0.29, 0.717) is 13.0 Å². The van der Waals surface area contributed by atoms with Gasteiger partial charge in [-0.1, -0.05) is 0 Å². The smallest absolute Gasteiger partial charge is 0.325 e. The van der Waals surface area contributed by atoms with Crippen LogP contribution in [0.15, 0.2) is 0 Å². The van der Waals surface area contributed by atoms with E-state index in [4.69, 9.17) is 5.11 Å². The van der Waals surface area contributed by atoms with Crippen LogP contribution in [-0.4, -0.2) is 63.9 Å². The number of likely N-dealkylation sites (tertiary alicyclic amines) is 1. The number of carboxylic acid groups (broad SMARTS) is 1. The van der Waals surface area contributed by atoms with Crippen LogP contribution in [0.2, 0.25) is 0 Å². The van der Waals surface area contributed by atoms with Crippen LogP contribution in [0.1, 0.15) is 26.2 Å². The number of nitrogens with zero attached hydrogens (tertiary/aromatic N) is 2. The van der Waals surface area contributed by atoms with Gasteiger partial charge in [0.25, 0.3) is 5.91 Å². The van der Waals surface area contributed by atoms with E-state index in [2.05, 4.69) is 5.32 Å². The molecule has 1 aliphatic carbocycles. The summed E-state index contributed by atoms with van der Waals surface area (Å²) in [6, 6.07) is -0.540. The van der Waals surface area contributed by atoms with Crippen molar-refractivity contribution in [2.75, 3.05) is 19.6 Å². The number of hydrogen-bond donors (Lipinski definition) is 2. The van der Waals surface area contributed by atoms with E-state index in [-0.39, 0.29) is 30.8 Å². The predicted octanol–water partition coefficient (Wildman–Crippen LogP) is -0.360. The van der Waals surface area contributed by atoms with E-state index in [1.165, 1.54) is 4.90 Å². The summed E-state index contributed by atoms with van der Waals surface area (Å²) in [7, 11) is 0. The van der Waals surface area contributed by atoms with Gasteiger partial charge in [-0.15, -0.1) is 0 Å². The van der Waals surface area contributed by atoms with Crippen LogP contribution in [0.25, 0.3) is 0 Å². The highest BCUT2D eigenvalue weighted by Crippen LogP contribution is 2.42. The molecule has 1 saturated carbocycles. The van der Waals surface area contributed by atoms with E-state index in [0.717, 1.165) is 17.7 Å². The molecule has 2 aliphatic heterocycles. The standard InChI is InChI=1S/C14H19N3O5/c1-14(9-2-3-9)12(21)17(13(22)15-14)7-10(18)16-5-4-8(6-16)11(19)20/h8-9H,2-7H2,1H3,(H,15,22)(H,19,20)/t8-,14+/m0/s1. The SMILES string of the molecule is C[C@]1(C2CC2)NC(=O)N(CC(=O)N2CC[C@H](C(=O)O)C2)C1=O. The molecular formula is C14H19N3O5. The van der Waals surface area contributed by atoms with E-state index >= 15 is 0 Å². The molecule has 2 N–H and O–H groups in total. The predicted molar refractivity (Wildman–Crippen MR) is 73.7 cm³/mol. The van der Waals surface area contributed by atoms with Gasteiger partial charge in [0, 0.05) is 13.1 Å². The number of rotatable bonds is 4. The fourth-order valence-electron chi connectivity index (χ4n) is 3.22. The molecule has 0 spiro atoms. The van der Waals surface area contributed by atoms with Gasteiger partial charge < -0.3 is 15.3 Å². The Kier molecular flexibility index (Phi) is 3.34. The highest BCUT2D eigenvalue weighted by molar-refractivity contribution is 6.09. The average molecular weight is 309 g/mol. The maximum absolute atomic E-state index is 12.4. The molecule has 8 heteroatoms. The fraction of sp³-hybridized carbons (Fsp3) is 0.714. The van der Waals surface area contributed by atoms with Crippen molar-refractivity contribution in [2.45, 2.75) is 31.7 Å². The number of aliphatic carboxylic acids is 1. The Labute approximate surface area is 127 Å². The third-order valence-corrected chi connectivity index (χ3v) is 4.88. The van der Waals surface area contributed by atoms with E-state index in [9.17, 15) is 19.2 Å². The minimum atomic E-state index is -0.924. The van der Waals surface area contributed by atoms with Gasteiger partial charge in [0.1, 0.15) is 12.1 Å². The lowest BCUT2D eigenvalue weighted by Crippen LogP contribution is -2.47. The monoisotopic (exact) mass is 309 g/mol. The Morgan fingerprint density at radius 1 is 1.32 bits per heavy atom. The number of amides is 4. The normalized spacial score (nSPS) is 31.6. The van der Waals surface area contributed by atoms with E-state index in [1.807, 2.05) is 0 Å². The molecular weight excluding hydrogens is 290 g/mol. The Morgan fingerprint density at radius 3 is 2.55 bits per heavy atom. The first-order valence-electron chi connectivity index (χ1n) is 7.47. The summed E-state index contributed by atoms with van der Waals surface area (Å²) in [5.74, 6) is -2.09. The Bertz CT molecular complexity index is 559. The molecule has 3 rings (SSSR count). The molecule has 120 valence electrons. The molecule has 22 heavy (non-hydrogen) atoms. The van der Waals surface area contributed by atoms with Crippen LogP contribution in [0.4, 0.5) is 4.79 Å². The number of carbonyl (C=O) groups is 4. The third-order valence-electron chi connectivity index (χ3n) is 4.88. The second-order valence-electron chi connectivity index (χ2n) is 6.46. The van der Waals surface area contributed by atoms with Crippen molar-refractivity contribution in [1.82, 2.24) is 15.1 Å². The minimum Gasteiger partial charge on any atom is -0.481 e. The molecule has 0 radical (unpaired) electrons. The van der Waals surface area contributed by atoms with Crippen LogP contribution in [0.3, 0.4) is 0 Å². The summed E-state index contributed by atoms with van der Waals surface area (Å²) in [6.07, 6.45) is 2.20. The van der Waals surface area contributed by atoms with Crippen molar-refractivity contribution in [1.29, 1.82) is 0 Å². The highest BCUT2D eigenvalue weighted by Gasteiger charge is 2.56. The molecule has 3 fully saturated rings. The van der Waals surface area contributed by atoms with Gasteiger partial charge in [-0.3, -0.25) is 19.3 Å². The second kappa shape index (κ2) is 4.96. The van der Waals surface area contributed by atoms with Crippen LogP contribution in [0.5, 0.6) is 0 Å². The molecule has 0 aromatic carbocycles. The van der Waals surface area contributed by atoms with Gasteiger partial charge in [-0.2, -0.15) is 0 Å².